The molecule has 122 valence electrons. The van der Waals surface area contributed by atoms with Crippen molar-refractivity contribution in [2.75, 3.05) is 19.8 Å². The van der Waals surface area contributed by atoms with Crippen LogP contribution in [0.15, 0.2) is 0 Å². The molecule has 1 aliphatic rings. The van der Waals surface area contributed by atoms with E-state index in [1.165, 1.54) is 13.8 Å². The van der Waals surface area contributed by atoms with Gasteiger partial charge in [0, 0.05) is 20.4 Å². The molecule has 5 N–H and O–H groups in total. The van der Waals surface area contributed by atoms with Crippen molar-refractivity contribution in [1.82, 2.24) is 10.6 Å². The van der Waals surface area contributed by atoms with Gasteiger partial charge in [0.15, 0.2) is 6.29 Å². The first-order valence-corrected chi connectivity index (χ1v) is 6.62. The summed E-state index contributed by atoms with van der Waals surface area (Å²) in [5, 5.41) is 33.9. The van der Waals surface area contributed by atoms with E-state index < -0.39 is 43.2 Å². The predicted octanol–water partition coefficient (Wildman–Crippen LogP) is -2.92. The van der Waals surface area contributed by atoms with E-state index in [1.807, 2.05) is 0 Å². The quantitative estimate of drug-likeness (QED) is 0.332. The zero-order chi connectivity index (χ0) is 16.0. The summed E-state index contributed by atoms with van der Waals surface area (Å²) in [4.78, 5) is 21.9. The van der Waals surface area contributed by atoms with Crippen LogP contribution in [0.2, 0.25) is 0 Å². The lowest BCUT2D eigenvalue weighted by atomic mass is 9.97. The third-order valence-corrected chi connectivity index (χ3v) is 3.01. The molecule has 1 heterocycles. The second-order valence-electron chi connectivity index (χ2n) is 4.79. The van der Waals surface area contributed by atoms with Crippen LogP contribution in [-0.2, 0) is 19.1 Å². The van der Waals surface area contributed by atoms with Gasteiger partial charge >= 0.3 is 0 Å². The highest BCUT2D eigenvalue weighted by atomic mass is 16.7. The molecule has 1 rings (SSSR count). The number of hydrogen-bond donors (Lipinski definition) is 5. The predicted molar refractivity (Wildman–Crippen MR) is 70.0 cm³/mol. The van der Waals surface area contributed by atoms with Crippen molar-refractivity contribution >= 4 is 11.8 Å². The molecule has 0 saturated carbocycles. The van der Waals surface area contributed by atoms with Crippen molar-refractivity contribution in [1.29, 1.82) is 0 Å². The molecule has 0 aromatic rings. The van der Waals surface area contributed by atoms with Gasteiger partial charge in [-0.25, -0.2) is 0 Å². The van der Waals surface area contributed by atoms with Gasteiger partial charge in [-0.15, -0.1) is 0 Å². The summed E-state index contributed by atoms with van der Waals surface area (Å²) in [6.07, 6.45) is -4.75. The van der Waals surface area contributed by atoms with Crippen LogP contribution < -0.4 is 10.6 Å². The van der Waals surface area contributed by atoms with E-state index in [0.717, 1.165) is 0 Å². The van der Waals surface area contributed by atoms with Crippen LogP contribution in [0.4, 0.5) is 0 Å². The Morgan fingerprint density at radius 1 is 1.19 bits per heavy atom. The molecule has 2 amide bonds. The summed E-state index contributed by atoms with van der Waals surface area (Å²) >= 11 is 0. The van der Waals surface area contributed by atoms with Crippen LogP contribution in [0.1, 0.15) is 13.8 Å². The lowest BCUT2D eigenvalue weighted by Gasteiger charge is -2.42. The maximum atomic E-state index is 11.2. The second kappa shape index (κ2) is 8.25. The Labute approximate surface area is 122 Å². The fraction of sp³-hybridized carbons (Fsp3) is 0.833. The Balaban J connectivity index is 2.64. The van der Waals surface area contributed by atoms with Gasteiger partial charge in [0.25, 0.3) is 0 Å². The van der Waals surface area contributed by atoms with Gasteiger partial charge in [0.2, 0.25) is 11.8 Å². The van der Waals surface area contributed by atoms with E-state index in [9.17, 15) is 19.8 Å². The molecule has 1 aliphatic heterocycles. The molecule has 0 bridgehead atoms. The monoisotopic (exact) mass is 306 g/mol. The minimum atomic E-state index is -1.35. The molecule has 0 radical (unpaired) electrons. The minimum absolute atomic E-state index is 0.0846. The van der Waals surface area contributed by atoms with Crippen LogP contribution >= 0.6 is 0 Å². The fourth-order valence-corrected chi connectivity index (χ4v) is 2.02. The number of carbonyl (C=O) groups is 2. The summed E-state index contributed by atoms with van der Waals surface area (Å²) in [5.74, 6) is -0.641. The number of carbonyl (C=O) groups excluding carboxylic acids is 2. The molecule has 0 spiro atoms. The third kappa shape index (κ3) is 5.21. The van der Waals surface area contributed by atoms with Crippen LogP contribution in [0.5, 0.6) is 0 Å². The SMILES string of the molecule is CC(=O)NCCO[C@@H]1O[C@H](CO)[C@H](O)[C@H](O)[C@H]1NC(C)=O. The Morgan fingerprint density at radius 3 is 2.38 bits per heavy atom. The summed E-state index contributed by atoms with van der Waals surface area (Å²) in [7, 11) is 0. The largest absolute Gasteiger partial charge is 0.394 e. The molecule has 21 heavy (non-hydrogen) atoms. The van der Waals surface area contributed by atoms with Crippen molar-refractivity contribution < 1.29 is 34.4 Å². The number of nitrogens with one attached hydrogen (secondary N) is 2. The number of amides is 2. The maximum Gasteiger partial charge on any atom is 0.217 e. The second-order valence-corrected chi connectivity index (χ2v) is 4.79. The highest BCUT2D eigenvalue weighted by molar-refractivity contribution is 5.73. The van der Waals surface area contributed by atoms with E-state index in [-0.39, 0.29) is 19.1 Å². The van der Waals surface area contributed by atoms with Crippen molar-refractivity contribution in [2.45, 2.75) is 44.5 Å². The summed E-state index contributed by atoms with van der Waals surface area (Å²) in [6.45, 7) is 2.42. The van der Waals surface area contributed by atoms with Gasteiger partial charge < -0.3 is 35.4 Å². The van der Waals surface area contributed by atoms with E-state index in [2.05, 4.69) is 10.6 Å². The molecule has 0 aromatic carbocycles. The number of aliphatic hydroxyl groups is 3. The zero-order valence-corrected chi connectivity index (χ0v) is 12.0. The molecule has 9 nitrogen and oxygen atoms in total. The van der Waals surface area contributed by atoms with Crippen LogP contribution in [0.3, 0.4) is 0 Å². The molecule has 5 atom stereocenters. The summed E-state index contributed by atoms with van der Waals surface area (Å²) in [5.41, 5.74) is 0. The van der Waals surface area contributed by atoms with Crippen LogP contribution in [-0.4, -0.2) is 77.5 Å². The zero-order valence-electron chi connectivity index (χ0n) is 12.0. The lowest BCUT2D eigenvalue weighted by Crippen LogP contribution is -2.64. The Kier molecular flexibility index (Phi) is 6.99. The topological polar surface area (TPSA) is 137 Å². The normalized spacial score (nSPS) is 32.5. The Morgan fingerprint density at radius 2 is 1.86 bits per heavy atom. The molecule has 0 unspecified atom stereocenters. The highest BCUT2D eigenvalue weighted by Gasteiger charge is 2.45. The molecule has 1 saturated heterocycles. The first-order valence-electron chi connectivity index (χ1n) is 6.62. The third-order valence-electron chi connectivity index (χ3n) is 3.01. The van der Waals surface area contributed by atoms with Crippen molar-refractivity contribution in [3.63, 3.8) is 0 Å². The number of hydrogen-bond acceptors (Lipinski definition) is 7. The smallest absolute Gasteiger partial charge is 0.217 e. The van der Waals surface area contributed by atoms with Gasteiger partial charge in [-0.2, -0.15) is 0 Å². The highest BCUT2D eigenvalue weighted by Crippen LogP contribution is 2.22. The molecule has 1 fully saturated rings. The van der Waals surface area contributed by atoms with Crippen molar-refractivity contribution in [3.8, 4) is 0 Å². The van der Waals surface area contributed by atoms with Gasteiger partial charge in [-0.3, -0.25) is 9.59 Å². The summed E-state index contributed by atoms with van der Waals surface area (Å²) in [6, 6.07) is -0.974. The minimum Gasteiger partial charge on any atom is -0.394 e. The maximum absolute atomic E-state index is 11.2. The van der Waals surface area contributed by atoms with Gasteiger partial charge in [-0.05, 0) is 0 Å². The number of rotatable bonds is 6. The fourth-order valence-electron chi connectivity index (χ4n) is 2.02. The molecule has 0 aromatic heterocycles. The van der Waals surface area contributed by atoms with E-state index in [1.54, 1.807) is 0 Å². The van der Waals surface area contributed by atoms with Gasteiger partial charge in [0.05, 0.1) is 13.2 Å². The Hall–Kier alpha value is -1.26. The molecule has 9 heteroatoms. The van der Waals surface area contributed by atoms with Crippen molar-refractivity contribution in [2.24, 2.45) is 0 Å². The van der Waals surface area contributed by atoms with Crippen molar-refractivity contribution in [3.05, 3.63) is 0 Å². The molecular formula is C12H22N2O7. The summed E-state index contributed by atoms with van der Waals surface area (Å²) < 4.78 is 10.7. The van der Waals surface area contributed by atoms with E-state index >= 15 is 0 Å². The average molecular weight is 306 g/mol. The van der Waals surface area contributed by atoms with Gasteiger partial charge in [-0.1, -0.05) is 0 Å². The Bertz CT molecular complexity index is 366. The number of aliphatic hydroxyl groups excluding tert-OH is 3. The lowest BCUT2D eigenvalue weighted by molar-refractivity contribution is -0.269. The van der Waals surface area contributed by atoms with Crippen LogP contribution in [0, 0.1) is 0 Å². The van der Waals surface area contributed by atoms with Crippen LogP contribution in [0.25, 0.3) is 0 Å². The average Bonchev–Trinajstić information content (AvgIpc) is 2.41. The standard InChI is InChI=1S/C12H22N2O7/c1-6(16)13-3-4-20-12-9(14-7(2)17)11(19)10(18)8(5-15)21-12/h8-12,15,18-19H,3-5H2,1-2H3,(H,13,16)(H,14,17)/t8-,9-,10+,11-,12-/m1/s1. The van der Waals surface area contributed by atoms with Gasteiger partial charge in [0.1, 0.15) is 24.4 Å². The van der Waals surface area contributed by atoms with E-state index in [4.69, 9.17) is 14.6 Å². The number of ether oxygens (including phenoxy) is 2. The first kappa shape index (κ1) is 17.8. The first-order chi connectivity index (χ1) is 9.86. The van der Waals surface area contributed by atoms with E-state index in [0.29, 0.717) is 0 Å². The molecule has 0 aliphatic carbocycles. The molecular weight excluding hydrogens is 284 g/mol.